The van der Waals surface area contributed by atoms with Crippen molar-refractivity contribution in [1.29, 1.82) is 0 Å². The maximum atomic E-state index is 12.9. The van der Waals surface area contributed by atoms with Crippen LogP contribution in [0.3, 0.4) is 0 Å². The van der Waals surface area contributed by atoms with E-state index in [-0.39, 0.29) is 11.2 Å². The zero-order valence-corrected chi connectivity index (χ0v) is 12.1. The summed E-state index contributed by atoms with van der Waals surface area (Å²) in [5.41, 5.74) is 0.380. The lowest BCUT2D eigenvalue weighted by Crippen LogP contribution is -2.31. The molecule has 1 heterocycles. The summed E-state index contributed by atoms with van der Waals surface area (Å²) in [6.45, 7) is 4.36. The van der Waals surface area contributed by atoms with E-state index in [4.69, 9.17) is 11.6 Å². The number of ketones is 1. The fourth-order valence-electron chi connectivity index (χ4n) is 3.27. The predicted molar refractivity (Wildman–Crippen MR) is 72.9 cm³/mol. The number of nitrogens with zero attached hydrogens (tertiary/aromatic N) is 2. The molecule has 1 saturated carbocycles. The predicted octanol–water partition coefficient (Wildman–Crippen LogP) is 3.86. The maximum absolute atomic E-state index is 12.9. The second-order valence-electron chi connectivity index (χ2n) is 5.88. The Hall–Kier alpha value is -0.830. The standard InChI is InChI=1S/C14H21ClN2O/c1-10(2)8-14(6-4-5-7-14)13(18)12-11(15)9-16-17(12)3/h9-10H,4-8H2,1-3H3. The fraction of sp³-hybridized carbons (Fsp3) is 0.714. The SMILES string of the molecule is CC(C)CC1(C(=O)c2c(Cl)cnn2C)CCCC1. The Morgan fingerprint density at radius 1 is 1.50 bits per heavy atom. The summed E-state index contributed by atoms with van der Waals surface area (Å²) in [6, 6.07) is 0. The van der Waals surface area contributed by atoms with Crippen LogP contribution < -0.4 is 0 Å². The molecule has 1 aliphatic carbocycles. The van der Waals surface area contributed by atoms with Crippen molar-refractivity contribution in [3.8, 4) is 0 Å². The molecule has 0 bridgehead atoms. The summed E-state index contributed by atoms with van der Waals surface area (Å²) in [5.74, 6) is 0.720. The molecule has 1 aliphatic rings. The van der Waals surface area contributed by atoms with Crippen molar-refractivity contribution in [1.82, 2.24) is 9.78 Å². The first-order chi connectivity index (χ1) is 8.46. The minimum absolute atomic E-state index is 0.193. The van der Waals surface area contributed by atoms with E-state index in [0.29, 0.717) is 16.6 Å². The summed E-state index contributed by atoms with van der Waals surface area (Å²) in [7, 11) is 1.79. The lowest BCUT2D eigenvalue weighted by molar-refractivity contribution is 0.0749. The highest BCUT2D eigenvalue weighted by molar-refractivity contribution is 6.33. The Morgan fingerprint density at radius 3 is 2.56 bits per heavy atom. The monoisotopic (exact) mass is 268 g/mol. The van der Waals surface area contributed by atoms with E-state index in [0.717, 1.165) is 32.1 Å². The Kier molecular flexibility index (Phi) is 3.81. The number of carbonyl (C=O) groups is 1. The van der Waals surface area contributed by atoms with Gasteiger partial charge in [-0.05, 0) is 25.2 Å². The first-order valence-electron chi connectivity index (χ1n) is 6.68. The zero-order valence-electron chi connectivity index (χ0n) is 11.4. The largest absolute Gasteiger partial charge is 0.292 e. The molecule has 0 amide bonds. The number of Topliss-reactive ketones (excluding diaryl/α,β-unsaturated/α-hetero) is 1. The number of halogens is 1. The molecular weight excluding hydrogens is 248 g/mol. The maximum Gasteiger partial charge on any atom is 0.188 e. The lowest BCUT2D eigenvalue weighted by atomic mass is 9.74. The van der Waals surface area contributed by atoms with Crippen molar-refractivity contribution >= 4 is 17.4 Å². The van der Waals surface area contributed by atoms with Crippen LogP contribution in [0.25, 0.3) is 0 Å². The molecule has 0 spiro atoms. The molecular formula is C14H21ClN2O. The summed E-state index contributed by atoms with van der Waals surface area (Å²) in [4.78, 5) is 12.9. The third-order valence-electron chi connectivity index (χ3n) is 3.95. The molecule has 4 heteroatoms. The Labute approximate surface area is 114 Å². The average molecular weight is 269 g/mol. The average Bonchev–Trinajstić information content (AvgIpc) is 2.86. The number of hydrogen-bond donors (Lipinski definition) is 0. The number of carbonyl (C=O) groups excluding carboxylic acids is 1. The van der Waals surface area contributed by atoms with Gasteiger partial charge in [0.1, 0.15) is 5.69 Å². The minimum Gasteiger partial charge on any atom is -0.292 e. The Morgan fingerprint density at radius 2 is 2.11 bits per heavy atom. The van der Waals surface area contributed by atoms with Gasteiger partial charge in [-0.3, -0.25) is 9.48 Å². The second-order valence-corrected chi connectivity index (χ2v) is 6.29. The van der Waals surface area contributed by atoms with Gasteiger partial charge in [-0.2, -0.15) is 5.10 Å². The van der Waals surface area contributed by atoms with Gasteiger partial charge >= 0.3 is 0 Å². The smallest absolute Gasteiger partial charge is 0.188 e. The van der Waals surface area contributed by atoms with Gasteiger partial charge in [0.2, 0.25) is 0 Å². The molecule has 0 N–H and O–H groups in total. The van der Waals surface area contributed by atoms with Crippen LogP contribution >= 0.6 is 11.6 Å². The summed E-state index contributed by atoms with van der Waals surface area (Å²) < 4.78 is 1.62. The number of hydrogen-bond acceptors (Lipinski definition) is 2. The molecule has 1 aromatic rings. The fourth-order valence-corrected chi connectivity index (χ4v) is 3.53. The van der Waals surface area contributed by atoms with E-state index in [1.165, 1.54) is 0 Å². The molecule has 0 aromatic carbocycles. The third-order valence-corrected chi connectivity index (χ3v) is 4.23. The number of rotatable bonds is 4. The number of aryl methyl sites for hydroxylation is 1. The highest BCUT2D eigenvalue weighted by Crippen LogP contribution is 2.46. The molecule has 0 aliphatic heterocycles. The van der Waals surface area contributed by atoms with Gasteiger partial charge in [-0.1, -0.05) is 38.3 Å². The van der Waals surface area contributed by atoms with Crippen LogP contribution in [0.1, 0.15) is 56.4 Å². The quantitative estimate of drug-likeness (QED) is 0.777. The van der Waals surface area contributed by atoms with Gasteiger partial charge in [-0.15, -0.1) is 0 Å². The van der Waals surface area contributed by atoms with Crippen LogP contribution in [0.4, 0.5) is 0 Å². The summed E-state index contributed by atoms with van der Waals surface area (Å²) >= 11 is 6.11. The Bertz CT molecular complexity index is 425. The molecule has 18 heavy (non-hydrogen) atoms. The van der Waals surface area contributed by atoms with E-state index in [9.17, 15) is 4.79 Å². The molecule has 1 aromatic heterocycles. The lowest BCUT2D eigenvalue weighted by Gasteiger charge is -2.29. The molecule has 3 nitrogen and oxygen atoms in total. The number of aromatic nitrogens is 2. The highest BCUT2D eigenvalue weighted by Gasteiger charge is 2.43. The van der Waals surface area contributed by atoms with Gasteiger partial charge < -0.3 is 0 Å². The van der Waals surface area contributed by atoms with Crippen LogP contribution in [0.2, 0.25) is 5.02 Å². The normalized spacial score (nSPS) is 18.5. The molecule has 0 unspecified atom stereocenters. The van der Waals surface area contributed by atoms with Crippen LogP contribution in [0, 0.1) is 11.3 Å². The van der Waals surface area contributed by atoms with E-state index < -0.39 is 0 Å². The first-order valence-corrected chi connectivity index (χ1v) is 7.06. The molecule has 100 valence electrons. The highest BCUT2D eigenvalue weighted by atomic mass is 35.5. The molecule has 0 atom stereocenters. The molecule has 1 fully saturated rings. The van der Waals surface area contributed by atoms with E-state index in [1.54, 1.807) is 17.9 Å². The van der Waals surface area contributed by atoms with Gasteiger partial charge in [0.15, 0.2) is 5.78 Å². The summed E-state index contributed by atoms with van der Waals surface area (Å²) in [5, 5.41) is 4.57. The van der Waals surface area contributed by atoms with E-state index in [1.807, 2.05) is 0 Å². The van der Waals surface area contributed by atoms with Crippen LogP contribution in [0.15, 0.2) is 6.20 Å². The second kappa shape index (κ2) is 5.04. The topological polar surface area (TPSA) is 34.9 Å². The molecule has 2 rings (SSSR count). The van der Waals surface area contributed by atoms with Crippen molar-refractivity contribution in [2.45, 2.75) is 46.0 Å². The van der Waals surface area contributed by atoms with Crippen LogP contribution in [-0.2, 0) is 7.05 Å². The van der Waals surface area contributed by atoms with Crippen molar-refractivity contribution in [2.75, 3.05) is 0 Å². The zero-order chi connectivity index (χ0) is 13.3. The van der Waals surface area contributed by atoms with Gasteiger partial charge in [0, 0.05) is 12.5 Å². The van der Waals surface area contributed by atoms with Crippen LogP contribution in [0.5, 0.6) is 0 Å². The van der Waals surface area contributed by atoms with Crippen molar-refractivity contribution < 1.29 is 4.79 Å². The van der Waals surface area contributed by atoms with Crippen LogP contribution in [-0.4, -0.2) is 15.6 Å². The Balaban J connectivity index is 2.35. The first kappa shape index (κ1) is 13.6. The summed E-state index contributed by atoms with van der Waals surface area (Å²) in [6.07, 6.45) is 6.79. The van der Waals surface area contributed by atoms with E-state index >= 15 is 0 Å². The minimum atomic E-state index is -0.203. The molecule has 0 radical (unpaired) electrons. The van der Waals surface area contributed by atoms with Crippen molar-refractivity contribution in [3.63, 3.8) is 0 Å². The van der Waals surface area contributed by atoms with Crippen molar-refractivity contribution in [3.05, 3.63) is 16.9 Å². The van der Waals surface area contributed by atoms with E-state index in [2.05, 4.69) is 18.9 Å². The van der Waals surface area contributed by atoms with Gasteiger partial charge in [-0.25, -0.2) is 0 Å². The van der Waals surface area contributed by atoms with Gasteiger partial charge in [0.05, 0.1) is 11.2 Å². The van der Waals surface area contributed by atoms with Crippen molar-refractivity contribution in [2.24, 2.45) is 18.4 Å². The van der Waals surface area contributed by atoms with Gasteiger partial charge in [0.25, 0.3) is 0 Å². The molecule has 0 saturated heterocycles. The third kappa shape index (κ3) is 2.33.